The molecule has 3 aliphatic rings. The van der Waals surface area contributed by atoms with E-state index in [1.54, 1.807) is 0 Å². The molecule has 2 saturated heterocycles. The number of nitrogens with two attached hydrogens (primary N) is 1. The second kappa shape index (κ2) is 6.98. The molecule has 1 aliphatic carbocycles. The summed E-state index contributed by atoms with van der Waals surface area (Å²) in [5.74, 6) is -1.33. The minimum atomic E-state index is -4.84. The SMILES string of the molecule is N[C@@H]1CCC[C@H]1C(=O)NNC(=O)[C@@H]1CC[C@@H]2CN1C(=O)N2OS(=O)(=O)O. The number of nitrogens with zero attached hydrogens (tertiary/aromatic N) is 2. The molecule has 146 valence electrons. The molecule has 4 amide bonds. The summed E-state index contributed by atoms with van der Waals surface area (Å²) in [6.07, 6.45) is 2.81. The number of carbonyl (C=O) groups excluding carboxylic acids is 3. The minimum absolute atomic E-state index is 0.0773. The van der Waals surface area contributed by atoms with Crippen LogP contribution in [0.3, 0.4) is 0 Å². The summed E-state index contributed by atoms with van der Waals surface area (Å²) in [4.78, 5) is 37.8. The normalized spacial score (nSPS) is 31.2. The van der Waals surface area contributed by atoms with Gasteiger partial charge < -0.3 is 10.6 Å². The van der Waals surface area contributed by atoms with Gasteiger partial charge in [0.1, 0.15) is 6.04 Å². The van der Waals surface area contributed by atoms with E-state index >= 15 is 0 Å². The molecule has 4 atom stereocenters. The van der Waals surface area contributed by atoms with Crippen molar-refractivity contribution >= 4 is 28.2 Å². The fourth-order valence-corrected chi connectivity index (χ4v) is 4.11. The smallest absolute Gasteiger partial charge is 0.327 e. The molecule has 13 heteroatoms. The number of hydrazine groups is 1. The van der Waals surface area contributed by atoms with Crippen molar-refractivity contribution in [2.75, 3.05) is 6.54 Å². The zero-order chi connectivity index (χ0) is 19.1. The van der Waals surface area contributed by atoms with Crippen LogP contribution in [0, 0.1) is 5.92 Å². The largest absolute Gasteiger partial charge is 0.418 e. The minimum Gasteiger partial charge on any atom is -0.327 e. The Kier molecular flexibility index (Phi) is 5.05. The fraction of sp³-hybridized carbons (Fsp3) is 0.769. The lowest BCUT2D eigenvalue weighted by Gasteiger charge is -2.29. The zero-order valence-corrected chi connectivity index (χ0v) is 14.6. The van der Waals surface area contributed by atoms with E-state index in [0.717, 1.165) is 17.7 Å². The van der Waals surface area contributed by atoms with E-state index in [1.807, 2.05) is 0 Å². The molecule has 0 unspecified atom stereocenters. The molecule has 5 N–H and O–H groups in total. The Balaban J connectivity index is 1.57. The maximum absolute atomic E-state index is 12.3. The number of rotatable bonds is 4. The summed E-state index contributed by atoms with van der Waals surface area (Å²) < 4.78 is 34.7. The van der Waals surface area contributed by atoms with Crippen LogP contribution >= 0.6 is 0 Å². The van der Waals surface area contributed by atoms with Crippen molar-refractivity contribution in [2.24, 2.45) is 11.7 Å². The molecule has 3 rings (SSSR count). The average Bonchev–Trinajstić information content (AvgIpc) is 3.09. The van der Waals surface area contributed by atoms with Gasteiger partial charge in [0.2, 0.25) is 5.91 Å². The Morgan fingerprint density at radius 3 is 2.46 bits per heavy atom. The molecule has 2 bridgehead atoms. The predicted molar refractivity (Wildman–Crippen MR) is 85.0 cm³/mol. The van der Waals surface area contributed by atoms with Crippen molar-refractivity contribution in [2.45, 2.75) is 50.2 Å². The topological polar surface area (TPSA) is 171 Å². The van der Waals surface area contributed by atoms with E-state index in [0.29, 0.717) is 17.9 Å². The first-order valence-electron chi connectivity index (χ1n) is 8.29. The third-order valence-corrected chi connectivity index (χ3v) is 5.36. The third kappa shape index (κ3) is 3.75. The Hall–Kier alpha value is -1.96. The van der Waals surface area contributed by atoms with Gasteiger partial charge in [-0.2, -0.15) is 13.5 Å². The summed E-state index contributed by atoms with van der Waals surface area (Å²) in [6, 6.07) is -2.55. The number of nitrogens with one attached hydrogen (secondary N) is 2. The second-order valence-corrected chi connectivity index (χ2v) is 7.69. The maximum atomic E-state index is 12.3. The standard InChI is InChI=1S/C13H21N5O7S/c14-9-3-1-2-8(9)11(19)15-16-12(20)10-5-4-7-6-17(10)13(21)18(7)25-26(22,23)24/h7-10H,1-6,14H2,(H,15,19)(H,16,20)(H,22,23,24)/t7-,8-,9-,10+/m1/s1. The van der Waals surface area contributed by atoms with E-state index in [4.69, 9.17) is 10.3 Å². The Morgan fingerprint density at radius 1 is 1.15 bits per heavy atom. The van der Waals surface area contributed by atoms with Crippen LogP contribution < -0.4 is 16.6 Å². The van der Waals surface area contributed by atoms with E-state index in [1.165, 1.54) is 0 Å². The Bertz CT molecular complexity index is 714. The van der Waals surface area contributed by atoms with Gasteiger partial charge >= 0.3 is 16.4 Å². The van der Waals surface area contributed by atoms with Crippen LogP contribution in [-0.4, -0.2) is 65.4 Å². The lowest BCUT2D eigenvalue weighted by molar-refractivity contribution is -0.133. The number of amides is 4. The fourth-order valence-electron chi connectivity index (χ4n) is 3.72. The maximum Gasteiger partial charge on any atom is 0.418 e. The van der Waals surface area contributed by atoms with Gasteiger partial charge in [-0.3, -0.25) is 25.0 Å². The lowest BCUT2D eigenvalue weighted by Crippen LogP contribution is -2.55. The van der Waals surface area contributed by atoms with Crippen LogP contribution in [0.2, 0.25) is 0 Å². The van der Waals surface area contributed by atoms with Gasteiger partial charge in [0, 0.05) is 12.6 Å². The first-order chi connectivity index (χ1) is 12.2. The van der Waals surface area contributed by atoms with E-state index < -0.39 is 34.4 Å². The highest BCUT2D eigenvalue weighted by Crippen LogP contribution is 2.30. The summed E-state index contributed by atoms with van der Waals surface area (Å²) in [5.41, 5.74) is 10.5. The third-order valence-electron chi connectivity index (χ3n) is 5.02. The Labute approximate surface area is 149 Å². The zero-order valence-electron chi connectivity index (χ0n) is 13.8. The van der Waals surface area contributed by atoms with Crippen LogP contribution in [-0.2, 0) is 24.3 Å². The highest BCUT2D eigenvalue weighted by molar-refractivity contribution is 7.80. The van der Waals surface area contributed by atoms with Crippen LogP contribution in [0.1, 0.15) is 32.1 Å². The van der Waals surface area contributed by atoms with Crippen LogP contribution in [0.4, 0.5) is 4.79 Å². The van der Waals surface area contributed by atoms with E-state index in [2.05, 4.69) is 15.1 Å². The van der Waals surface area contributed by atoms with Crippen LogP contribution in [0.5, 0.6) is 0 Å². The molecule has 12 nitrogen and oxygen atoms in total. The molecule has 0 aromatic heterocycles. The highest BCUT2D eigenvalue weighted by Gasteiger charge is 2.49. The number of hydroxylamine groups is 2. The molecule has 1 saturated carbocycles. The number of fused-ring (bicyclic) bond motifs is 2. The summed E-state index contributed by atoms with van der Waals surface area (Å²) in [5, 5.41) is 0.554. The number of hydrogen-bond acceptors (Lipinski definition) is 7. The van der Waals surface area contributed by atoms with Crippen LogP contribution in [0.15, 0.2) is 0 Å². The molecule has 2 aliphatic heterocycles. The monoisotopic (exact) mass is 391 g/mol. The van der Waals surface area contributed by atoms with Crippen molar-refractivity contribution in [3.63, 3.8) is 0 Å². The lowest BCUT2D eigenvalue weighted by atomic mass is 10.0. The second-order valence-electron chi connectivity index (χ2n) is 6.69. The molecular weight excluding hydrogens is 370 g/mol. The van der Waals surface area contributed by atoms with Crippen molar-refractivity contribution in [3.05, 3.63) is 0 Å². The van der Waals surface area contributed by atoms with Gasteiger partial charge in [-0.1, -0.05) is 6.42 Å². The van der Waals surface area contributed by atoms with Crippen LogP contribution in [0.25, 0.3) is 0 Å². The quantitative estimate of drug-likeness (QED) is 0.323. The number of urea groups is 1. The molecule has 3 fully saturated rings. The molecule has 0 radical (unpaired) electrons. The molecule has 0 aromatic carbocycles. The van der Waals surface area contributed by atoms with Gasteiger partial charge in [-0.25, -0.2) is 4.79 Å². The summed E-state index contributed by atoms with van der Waals surface area (Å²) in [6.45, 7) is 0.0773. The van der Waals surface area contributed by atoms with Crippen molar-refractivity contribution in [1.82, 2.24) is 20.8 Å². The highest BCUT2D eigenvalue weighted by atomic mass is 32.3. The number of piperidine rings is 1. The van der Waals surface area contributed by atoms with Crippen molar-refractivity contribution < 1.29 is 31.6 Å². The Morgan fingerprint density at radius 2 is 1.85 bits per heavy atom. The van der Waals surface area contributed by atoms with Crippen molar-refractivity contribution in [1.29, 1.82) is 0 Å². The van der Waals surface area contributed by atoms with Gasteiger partial charge in [0.15, 0.2) is 0 Å². The van der Waals surface area contributed by atoms with E-state index in [-0.39, 0.29) is 30.8 Å². The van der Waals surface area contributed by atoms with E-state index in [9.17, 15) is 22.8 Å². The first kappa shape index (κ1) is 18.8. The number of carbonyl (C=O) groups is 3. The van der Waals surface area contributed by atoms with Gasteiger partial charge in [0.25, 0.3) is 5.91 Å². The van der Waals surface area contributed by atoms with Gasteiger partial charge in [-0.15, -0.1) is 4.28 Å². The molecular formula is C13H21N5O7S. The first-order valence-corrected chi connectivity index (χ1v) is 9.66. The molecule has 0 spiro atoms. The molecule has 26 heavy (non-hydrogen) atoms. The van der Waals surface area contributed by atoms with Crippen molar-refractivity contribution in [3.8, 4) is 0 Å². The summed E-state index contributed by atoms with van der Waals surface area (Å²) >= 11 is 0. The average molecular weight is 391 g/mol. The number of hydrogen-bond donors (Lipinski definition) is 4. The molecule has 0 aromatic rings. The summed E-state index contributed by atoms with van der Waals surface area (Å²) in [7, 11) is -4.84. The molecule has 2 heterocycles. The predicted octanol–water partition coefficient (Wildman–Crippen LogP) is -1.74. The van der Waals surface area contributed by atoms with Gasteiger partial charge in [0.05, 0.1) is 12.0 Å². The van der Waals surface area contributed by atoms with Gasteiger partial charge in [-0.05, 0) is 25.7 Å².